The molecule has 154 valence electrons. The second-order valence-corrected chi connectivity index (χ2v) is 7.54. The molecule has 0 radical (unpaired) electrons. The van der Waals surface area contributed by atoms with Gasteiger partial charge in [-0.05, 0) is 30.5 Å². The van der Waals surface area contributed by atoms with Gasteiger partial charge in [0.25, 0.3) is 0 Å². The summed E-state index contributed by atoms with van der Waals surface area (Å²) in [6.45, 7) is 0.0109. The molecule has 2 aliphatic rings. The molecule has 1 unspecified atom stereocenters. The number of primary amides is 1. The molecule has 3 rings (SSSR count). The van der Waals surface area contributed by atoms with Crippen molar-refractivity contribution in [1.29, 1.82) is 0 Å². The van der Waals surface area contributed by atoms with E-state index in [1.165, 1.54) is 23.1 Å². The van der Waals surface area contributed by atoms with Crippen molar-refractivity contribution >= 4 is 23.5 Å². The fourth-order valence-electron chi connectivity index (χ4n) is 3.48. The van der Waals surface area contributed by atoms with Crippen LogP contribution in [0.2, 0.25) is 5.02 Å². The molecule has 1 aliphatic heterocycles. The van der Waals surface area contributed by atoms with Crippen molar-refractivity contribution in [2.75, 3.05) is 13.2 Å². The second-order valence-electron chi connectivity index (χ2n) is 7.13. The number of carbonyl (C=O) groups is 2. The van der Waals surface area contributed by atoms with Crippen LogP contribution in [-0.2, 0) is 9.53 Å². The SMILES string of the molecule is NC(=O)C1CN([C@@H](COC2CCC(F)(F)CC2)c2ccc(F)c(Cl)c2)C(=O)N1. The van der Waals surface area contributed by atoms with E-state index in [0.717, 1.165) is 0 Å². The number of benzene rings is 1. The number of nitrogens with two attached hydrogens (primary N) is 1. The Morgan fingerprint density at radius 2 is 2.07 bits per heavy atom. The molecule has 1 saturated heterocycles. The summed E-state index contributed by atoms with van der Waals surface area (Å²) in [5.41, 5.74) is 5.78. The molecule has 2 fully saturated rings. The Labute approximate surface area is 165 Å². The number of halogens is 4. The van der Waals surface area contributed by atoms with E-state index in [9.17, 15) is 22.8 Å². The third-order valence-electron chi connectivity index (χ3n) is 5.14. The normalized spacial score (nSPS) is 23.5. The number of nitrogens with zero attached hydrogens (tertiary/aromatic N) is 1. The number of hydrogen-bond acceptors (Lipinski definition) is 3. The zero-order chi connectivity index (χ0) is 20.5. The number of amides is 3. The van der Waals surface area contributed by atoms with Gasteiger partial charge in [-0.3, -0.25) is 4.79 Å². The molecular weight excluding hydrogens is 399 g/mol. The summed E-state index contributed by atoms with van der Waals surface area (Å²) in [5, 5.41) is 2.36. The molecule has 0 bridgehead atoms. The monoisotopic (exact) mass is 419 g/mol. The van der Waals surface area contributed by atoms with Crippen molar-refractivity contribution < 1.29 is 27.5 Å². The average molecular weight is 420 g/mol. The highest BCUT2D eigenvalue weighted by molar-refractivity contribution is 6.30. The fourth-order valence-corrected chi connectivity index (χ4v) is 3.67. The number of alkyl halides is 2. The zero-order valence-corrected chi connectivity index (χ0v) is 15.7. The summed E-state index contributed by atoms with van der Waals surface area (Å²) >= 11 is 5.87. The van der Waals surface area contributed by atoms with E-state index >= 15 is 0 Å². The number of rotatable bonds is 6. The summed E-state index contributed by atoms with van der Waals surface area (Å²) in [4.78, 5) is 25.1. The van der Waals surface area contributed by atoms with E-state index in [-0.39, 0.29) is 50.0 Å². The highest BCUT2D eigenvalue weighted by Crippen LogP contribution is 2.35. The van der Waals surface area contributed by atoms with Crippen LogP contribution in [0.5, 0.6) is 0 Å². The van der Waals surface area contributed by atoms with Crippen molar-refractivity contribution in [2.24, 2.45) is 5.73 Å². The Morgan fingerprint density at radius 1 is 1.39 bits per heavy atom. The number of hydrogen-bond donors (Lipinski definition) is 2. The predicted octanol–water partition coefficient (Wildman–Crippen LogP) is 2.99. The Kier molecular flexibility index (Phi) is 6.04. The topological polar surface area (TPSA) is 84.7 Å². The van der Waals surface area contributed by atoms with Gasteiger partial charge < -0.3 is 20.7 Å². The van der Waals surface area contributed by atoms with Crippen molar-refractivity contribution in [3.63, 3.8) is 0 Å². The van der Waals surface area contributed by atoms with Crippen LogP contribution in [-0.4, -0.2) is 48.1 Å². The quantitative estimate of drug-likeness (QED) is 0.743. The second kappa shape index (κ2) is 8.16. The fraction of sp³-hybridized carbons (Fsp3) is 0.556. The lowest BCUT2D eigenvalue weighted by Gasteiger charge is -2.32. The summed E-state index contributed by atoms with van der Waals surface area (Å²) in [6.07, 6.45) is -0.451. The lowest BCUT2D eigenvalue weighted by atomic mass is 9.94. The maximum Gasteiger partial charge on any atom is 0.318 e. The largest absolute Gasteiger partial charge is 0.376 e. The third-order valence-corrected chi connectivity index (χ3v) is 5.43. The van der Waals surface area contributed by atoms with Crippen LogP contribution in [0.3, 0.4) is 0 Å². The molecule has 2 atom stereocenters. The Bertz CT molecular complexity index is 755. The van der Waals surface area contributed by atoms with E-state index < -0.39 is 35.8 Å². The lowest BCUT2D eigenvalue weighted by Crippen LogP contribution is -2.39. The Morgan fingerprint density at radius 3 is 2.64 bits per heavy atom. The summed E-state index contributed by atoms with van der Waals surface area (Å²) in [6, 6.07) is 1.96. The number of carbonyl (C=O) groups excluding carboxylic acids is 2. The third kappa shape index (κ3) is 4.70. The molecule has 3 amide bonds. The van der Waals surface area contributed by atoms with E-state index in [0.29, 0.717) is 5.56 Å². The first kappa shape index (κ1) is 20.7. The molecule has 1 aromatic rings. The molecular formula is C18H21ClF3N3O3. The maximum absolute atomic E-state index is 13.5. The van der Waals surface area contributed by atoms with Crippen molar-refractivity contribution in [1.82, 2.24) is 10.2 Å². The molecule has 0 aromatic heterocycles. The number of nitrogens with one attached hydrogen (secondary N) is 1. The van der Waals surface area contributed by atoms with Crippen LogP contribution in [0.25, 0.3) is 0 Å². The standard InChI is InChI=1S/C18H21ClF3N3O3/c19-12-7-10(1-2-13(12)20)15(25-8-14(16(23)26)24-17(25)27)9-28-11-3-5-18(21,22)6-4-11/h1-2,7,11,14-15H,3-6,8-9H2,(H2,23,26)(H,24,27)/t14?,15-/m0/s1. The van der Waals surface area contributed by atoms with Gasteiger partial charge in [-0.2, -0.15) is 0 Å². The molecule has 1 aromatic carbocycles. The van der Waals surface area contributed by atoms with Crippen LogP contribution in [0.15, 0.2) is 18.2 Å². The minimum absolute atomic E-state index is 0.00288. The molecule has 3 N–H and O–H groups in total. The molecule has 0 spiro atoms. The Balaban J connectivity index is 1.76. The summed E-state index contributed by atoms with van der Waals surface area (Å²) < 4.78 is 46.0. The first-order valence-electron chi connectivity index (χ1n) is 8.97. The predicted molar refractivity (Wildman–Crippen MR) is 95.5 cm³/mol. The first-order chi connectivity index (χ1) is 13.2. The van der Waals surface area contributed by atoms with Gasteiger partial charge in [0.15, 0.2) is 0 Å². The van der Waals surface area contributed by atoms with Crippen LogP contribution in [0.4, 0.5) is 18.0 Å². The van der Waals surface area contributed by atoms with Crippen LogP contribution in [0, 0.1) is 5.82 Å². The van der Waals surface area contributed by atoms with Crippen molar-refractivity contribution in [2.45, 2.75) is 49.8 Å². The minimum Gasteiger partial charge on any atom is -0.376 e. The number of ether oxygens (including phenoxy) is 1. The van der Waals surface area contributed by atoms with E-state index in [4.69, 9.17) is 22.1 Å². The first-order valence-corrected chi connectivity index (χ1v) is 9.35. The lowest BCUT2D eigenvalue weighted by molar-refractivity contribution is -0.119. The van der Waals surface area contributed by atoms with Gasteiger partial charge in [-0.15, -0.1) is 0 Å². The van der Waals surface area contributed by atoms with Crippen molar-refractivity contribution in [3.05, 3.63) is 34.6 Å². The van der Waals surface area contributed by atoms with Crippen molar-refractivity contribution in [3.8, 4) is 0 Å². The van der Waals surface area contributed by atoms with Gasteiger partial charge in [0.1, 0.15) is 11.9 Å². The molecule has 10 heteroatoms. The Hall–Kier alpha value is -2.00. The van der Waals surface area contributed by atoms with Crippen LogP contribution < -0.4 is 11.1 Å². The molecule has 1 heterocycles. The van der Waals surface area contributed by atoms with Gasteiger partial charge >= 0.3 is 6.03 Å². The molecule has 1 saturated carbocycles. The molecule has 1 aliphatic carbocycles. The highest BCUT2D eigenvalue weighted by atomic mass is 35.5. The van der Waals surface area contributed by atoms with Gasteiger partial charge in [-0.1, -0.05) is 17.7 Å². The molecule has 6 nitrogen and oxygen atoms in total. The van der Waals surface area contributed by atoms with Gasteiger partial charge in [-0.25, -0.2) is 18.0 Å². The zero-order valence-electron chi connectivity index (χ0n) is 15.0. The minimum atomic E-state index is -2.67. The van der Waals surface area contributed by atoms with Gasteiger partial charge in [0.05, 0.1) is 30.3 Å². The smallest absolute Gasteiger partial charge is 0.318 e. The molecule has 28 heavy (non-hydrogen) atoms. The van der Waals surface area contributed by atoms with E-state index in [2.05, 4.69) is 5.32 Å². The number of urea groups is 1. The van der Waals surface area contributed by atoms with Crippen LogP contribution in [0.1, 0.15) is 37.3 Å². The highest BCUT2D eigenvalue weighted by Gasteiger charge is 2.39. The van der Waals surface area contributed by atoms with Crippen LogP contribution >= 0.6 is 11.6 Å². The van der Waals surface area contributed by atoms with E-state index in [1.54, 1.807) is 0 Å². The maximum atomic E-state index is 13.5. The summed E-state index contributed by atoms with van der Waals surface area (Å²) in [7, 11) is 0. The summed E-state index contributed by atoms with van der Waals surface area (Å²) in [5.74, 6) is -3.96. The van der Waals surface area contributed by atoms with E-state index in [1.807, 2.05) is 0 Å². The average Bonchev–Trinajstić information content (AvgIpc) is 3.01. The van der Waals surface area contributed by atoms with Gasteiger partial charge in [0.2, 0.25) is 11.8 Å². The van der Waals surface area contributed by atoms with Gasteiger partial charge in [0, 0.05) is 12.8 Å².